The van der Waals surface area contributed by atoms with Crippen LogP contribution in [-0.2, 0) is 6.42 Å². The summed E-state index contributed by atoms with van der Waals surface area (Å²) < 4.78 is 5.14. The van der Waals surface area contributed by atoms with E-state index in [-0.39, 0.29) is 0 Å². The molecule has 0 bridgehead atoms. The van der Waals surface area contributed by atoms with E-state index in [9.17, 15) is 0 Å². The van der Waals surface area contributed by atoms with Crippen molar-refractivity contribution in [3.05, 3.63) is 77.4 Å². The highest BCUT2D eigenvalue weighted by atomic mass is 16.5. The molecule has 0 saturated carbocycles. The molecule has 0 spiro atoms. The molecule has 0 N–H and O–H groups in total. The highest BCUT2D eigenvalue weighted by Gasteiger charge is 1.93. The second kappa shape index (κ2) is 10.9. The lowest BCUT2D eigenvalue weighted by Gasteiger charge is -2.00. The third-order valence-electron chi connectivity index (χ3n) is 3.97. The minimum Gasteiger partial charge on any atom is -0.497 e. The molecule has 0 saturated heterocycles. The molecule has 1 heteroatoms. The normalized spacial score (nSPS) is 10.8. The van der Waals surface area contributed by atoms with Crippen molar-refractivity contribution < 1.29 is 4.74 Å². The first kappa shape index (κ1) is 18.6. The molecular weight excluding hydrogens is 304 g/mol. The summed E-state index contributed by atoms with van der Waals surface area (Å²) in [7, 11) is 1.67. The molecule has 0 aliphatic heterocycles. The van der Waals surface area contributed by atoms with Crippen LogP contribution in [0.15, 0.2) is 60.7 Å². The minimum atomic E-state index is 0.863. The van der Waals surface area contributed by atoms with Gasteiger partial charge in [-0.3, -0.25) is 0 Å². The van der Waals surface area contributed by atoms with Crippen molar-refractivity contribution in [1.29, 1.82) is 0 Å². The van der Waals surface area contributed by atoms with Gasteiger partial charge in [0.2, 0.25) is 0 Å². The maximum absolute atomic E-state index is 5.14. The Balaban J connectivity index is 1.82. The summed E-state index contributed by atoms with van der Waals surface area (Å²) in [6, 6.07) is 16.7. The van der Waals surface area contributed by atoms with E-state index in [1.54, 1.807) is 7.11 Å². The third kappa shape index (κ3) is 7.14. The van der Waals surface area contributed by atoms with Crippen LogP contribution in [0.2, 0.25) is 0 Å². The second-order valence-electron chi connectivity index (χ2n) is 5.93. The van der Waals surface area contributed by atoms with Gasteiger partial charge in [-0.2, -0.15) is 0 Å². The van der Waals surface area contributed by atoms with Crippen molar-refractivity contribution in [2.75, 3.05) is 7.11 Å². The monoisotopic (exact) mass is 330 g/mol. The smallest absolute Gasteiger partial charge is 0.118 e. The van der Waals surface area contributed by atoms with Gasteiger partial charge in [-0.05, 0) is 66.0 Å². The van der Waals surface area contributed by atoms with Gasteiger partial charge in [0.05, 0.1) is 7.11 Å². The van der Waals surface area contributed by atoms with Gasteiger partial charge >= 0.3 is 0 Å². The van der Waals surface area contributed by atoms with Gasteiger partial charge in [0.1, 0.15) is 5.75 Å². The first-order valence-electron chi connectivity index (χ1n) is 8.89. The number of allylic oxidation sites excluding steroid dienone is 2. The van der Waals surface area contributed by atoms with Crippen LogP contribution in [0.1, 0.15) is 42.9 Å². The Labute approximate surface area is 152 Å². The van der Waals surface area contributed by atoms with Gasteiger partial charge in [0, 0.05) is 0 Å². The average Bonchev–Trinajstić information content (AvgIpc) is 2.66. The molecule has 2 aromatic rings. The van der Waals surface area contributed by atoms with E-state index in [1.165, 1.54) is 36.8 Å². The maximum Gasteiger partial charge on any atom is 0.118 e. The van der Waals surface area contributed by atoms with E-state index in [4.69, 9.17) is 4.74 Å². The van der Waals surface area contributed by atoms with Crippen molar-refractivity contribution in [2.24, 2.45) is 0 Å². The minimum absolute atomic E-state index is 0.863. The van der Waals surface area contributed by atoms with Gasteiger partial charge in [-0.25, -0.2) is 0 Å². The summed E-state index contributed by atoms with van der Waals surface area (Å²) in [5.74, 6) is 6.93. The van der Waals surface area contributed by atoms with Crippen LogP contribution in [-0.4, -0.2) is 7.11 Å². The summed E-state index contributed by atoms with van der Waals surface area (Å²) in [4.78, 5) is 0. The molecule has 1 nitrogen and oxygen atoms in total. The molecule has 0 atom stereocenters. The fourth-order valence-corrected chi connectivity index (χ4v) is 2.46. The van der Waals surface area contributed by atoms with E-state index in [1.807, 2.05) is 48.6 Å². The Morgan fingerprint density at radius 1 is 0.800 bits per heavy atom. The van der Waals surface area contributed by atoms with Crippen LogP contribution in [0.25, 0.3) is 12.2 Å². The van der Waals surface area contributed by atoms with Crippen LogP contribution in [0, 0.1) is 11.8 Å². The lowest BCUT2D eigenvalue weighted by Crippen LogP contribution is -1.85. The first-order valence-corrected chi connectivity index (χ1v) is 8.89. The maximum atomic E-state index is 5.14. The fourth-order valence-electron chi connectivity index (χ4n) is 2.46. The molecule has 0 radical (unpaired) electrons. The first-order chi connectivity index (χ1) is 12.3. The van der Waals surface area contributed by atoms with Gasteiger partial charge < -0.3 is 4.74 Å². The zero-order chi connectivity index (χ0) is 17.7. The lowest BCUT2D eigenvalue weighted by atomic mass is 10.1. The summed E-state index contributed by atoms with van der Waals surface area (Å²) in [5.41, 5.74) is 3.71. The zero-order valence-corrected chi connectivity index (χ0v) is 15.2. The molecule has 2 rings (SSSR count). The summed E-state index contributed by atoms with van der Waals surface area (Å²) in [6.07, 6.45) is 12.8. The highest BCUT2D eigenvalue weighted by molar-refractivity contribution is 5.56. The van der Waals surface area contributed by atoms with Crippen molar-refractivity contribution in [1.82, 2.24) is 0 Å². The van der Waals surface area contributed by atoms with Crippen LogP contribution in [0.5, 0.6) is 5.75 Å². The molecule has 2 aromatic carbocycles. The fraction of sp³-hybridized carbons (Fsp3) is 0.250. The van der Waals surface area contributed by atoms with Gasteiger partial charge in [-0.15, -0.1) is 0 Å². The van der Waals surface area contributed by atoms with Crippen LogP contribution < -0.4 is 4.74 Å². The van der Waals surface area contributed by atoms with Gasteiger partial charge in [-0.1, -0.05) is 68.0 Å². The van der Waals surface area contributed by atoms with E-state index in [2.05, 4.69) is 43.0 Å². The average molecular weight is 330 g/mol. The van der Waals surface area contributed by atoms with Crippen molar-refractivity contribution in [2.45, 2.75) is 32.6 Å². The Kier molecular flexibility index (Phi) is 8.15. The predicted octanol–water partition coefficient (Wildman–Crippen LogP) is 6.16. The molecule has 25 heavy (non-hydrogen) atoms. The summed E-state index contributed by atoms with van der Waals surface area (Å²) in [5, 5.41) is 0. The predicted molar refractivity (Wildman–Crippen MR) is 109 cm³/mol. The number of ether oxygens (including phenoxy) is 1. The van der Waals surface area contributed by atoms with Crippen molar-refractivity contribution in [3.63, 3.8) is 0 Å². The molecule has 0 fully saturated rings. The molecule has 128 valence electrons. The molecule has 0 unspecified atom stereocenters. The van der Waals surface area contributed by atoms with Crippen LogP contribution in [0.4, 0.5) is 0 Å². The molecule has 0 aromatic heterocycles. The van der Waals surface area contributed by atoms with Crippen LogP contribution >= 0.6 is 0 Å². The number of hydrogen-bond donors (Lipinski definition) is 0. The largest absolute Gasteiger partial charge is 0.497 e. The zero-order valence-electron chi connectivity index (χ0n) is 15.2. The molecule has 0 heterocycles. The number of methoxy groups -OCH3 is 1. The summed E-state index contributed by atoms with van der Waals surface area (Å²) in [6.45, 7) is 2.24. The van der Waals surface area contributed by atoms with E-state index < -0.39 is 0 Å². The third-order valence-corrected chi connectivity index (χ3v) is 3.97. The van der Waals surface area contributed by atoms with E-state index >= 15 is 0 Å². The van der Waals surface area contributed by atoms with E-state index in [0.29, 0.717) is 0 Å². The summed E-state index contributed by atoms with van der Waals surface area (Å²) >= 11 is 0. The van der Waals surface area contributed by atoms with Crippen LogP contribution in [0.3, 0.4) is 0 Å². The molecule has 0 amide bonds. The number of benzene rings is 2. The quantitative estimate of drug-likeness (QED) is 0.436. The molecular formula is C24H26O. The van der Waals surface area contributed by atoms with E-state index in [0.717, 1.165) is 11.3 Å². The SMILES string of the molecule is CCCCCc1ccc(C=CC#CC=Cc2ccc(OC)cc2)cc1. The van der Waals surface area contributed by atoms with Gasteiger partial charge in [0.15, 0.2) is 0 Å². The second-order valence-corrected chi connectivity index (χ2v) is 5.93. The number of unbranched alkanes of at least 4 members (excludes halogenated alkanes) is 2. The highest BCUT2D eigenvalue weighted by Crippen LogP contribution is 2.12. The number of rotatable bonds is 7. The Morgan fingerprint density at radius 2 is 1.36 bits per heavy atom. The molecule has 0 aliphatic carbocycles. The Bertz CT molecular complexity index is 737. The van der Waals surface area contributed by atoms with Gasteiger partial charge in [0.25, 0.3) is 0 Å². The number of hydrogen-bond acceptors (Lipinski definition) is 1. The Morgan fingerprint density at radius 3 is 1.88 bits per heavy atom. The van der Waals surface area contributed by atoms with Crippen molar-refractivity contribution in [3.8, 4) is 17.6 Å². The molecule has 0 aliphatic rings. The number of aryl methyl sites for hydroxylation is 1. The lowest BCUT2D eigenvalue weighted by molar-refractivity contribution is 0.415. The standard InChI is InChI=1S/C24H26O/c1-3-4-7-10-21-13-15-22(16-14-21)11-8-5-6-9-12-23-17-19-24(25-2)20-18-23/h8-9,11-20H,3-4,7,10H2,1-2H3. The van der Waals surface area contributed by atoms with Crippen molar-refractivity contribution >= 4 is 12.2 Å². The Hall–Kier alpha value is -2.72. The topological polar surface area (TPSA) is 9.23 Å².